The van der Waals surface area contributed by atoms with Gasteiger partial charge in [-0.15, -0.1) is 0 Å². The van der Waals surface area contributed by atoms with E-state index in [1.54, 1.807) is 32.5 Å². The van der Waals surface area contributed by atoms with Crippen LogP contribution in [0.3, 0.4) is 0 Å². The number of carbonyl (C=O) groups excluding carboxylic acids is 1. The van der Waals surface area contributed by atoms with Crippen LogP contribution in [0.25, 0.3) is 10.9 Å². The van der Waals surface area contributed by atoms with E-state index >= 15 is 0 Å². The van der Waals surface area contributed by atoms with Gasteiger partial charge in [0.05, 0.1) is 31.2 Å². The minimum absolute atomic E-state index is 0.112. The van der Waals surface area contributed by atoms with Gasteiger partial charge in [-0.25, -0.2) is 0 Å². The number of methoxy groups -OCH3 is 2. The second-order valence-corrected chi connectivity index (χ2v) is 10.3. The molecule has 4 heterocycles. The first-order chi connectivity index (χ1) is 16.6. The summed E-state index contributed by atoms with van der Waals surface area (Å²) < 4.78 is 10.7. The van der Waals surface area contributed by atoms with Crippen LogP contribution < -0.4 is 14.9 Å². The summed E-state index contributed by atoms with van der Waals surface area (Å²) in [5.74, 6) is 1.93. The first-order valence-corrected chi connectivity index (χ1v) is 12.6. The van der Waals surface area contributed by atoms with Gasteiger partial charge in [0.15, 0.2) is 11.5 Å². The third-order valence-electron chi connectivity index (χ3n) is 8.53. The number of aromatic nitrogens is 1. The summed E-state index contributed by atoms with van der Waals surface area (Å²) in [5, 5.41) is 0.439. The number of piperidine rings is 3. The molecule has 1 aromatic heterocycles. The van der Waals surface area contributed by atoms with E-state index in [1.807, 2.05) is 4.90 Å². The molecule has 1 amide bonds. The van der Waals surface area contributed by atoms with Crippen molar-refractivity contribution in [1.29, 1.82) is 0 Å². The smallest absolute Gasteiger partial charge is 0.259 e. The molecule has 2 aromatic rings. The number of fused-ring (bicyclic) bond motifs is 7. The third kappa shape index (κ3) is 3.35. The van der Waals surface area contributed by atoms with Crippen LogP contribution in [0.1, 0.15) is 48.9 Å². The number of aromatic amines is 1. The number of benzene rings is 1. The number of carbonyl (C=O) groups is 1. The van der Waals surface area contributed by atoms with Crippen LogP contribution in [0.4, 0.5) is 0 Å². The van der Waals surface area contributed by atoms with Crippen molar-refractivity contribution in [3.63, 3.8) is 0 Å². The van der Waals surface area contributed by atoms with E-state index in [9.17, 15) is 9.59 Å². The van der Waals surface area contributed by atoms with Crippen LogP contribution in [0.5, 0.6) is 11.5 Å². The first kappa shape index (κ1) is 21.7. The van der Waals surface area contributed by atoms with E-state index in [4.69, 9.17) is 9.47 Å². The second-order valence-electron chi connectivity index (χ2n) is 10.3. The second kappa shape index (κ2) is 8.45. The Morgan fingerprint density at radius 2 is 1.91 bits per heavy atom. The van der Waals surface area contributed by atoms with Crippen molar-refractivity contribution in [2.75, 3.05) is 33.9 Å². The standard InChI is InChI=1S/C27H33N3O4/c1-33-23-12-19-21(13-24(23)34-2)28-14-20(26(19)31)27(32)30-9-5-6-16-10-17-11-18(25(16)30)15-29-8-4-3-7-22(17)29/h10,12-14,17-18,22,25H,3-9,11,15H2,1-2H3,(H,28,31)/t17?,18?,22-,25-/m1/s1. The van der Waals surface area contributed by atoms with Gasteiger partial charge < -0.3 is 19.4 Å². The molecule has 3 aliphatic heterocycles. The Morgan fingerprint density at radius 3 is 2.74 bits per heavy atom. The van der Waals surface area contributed by atoms with Crippen LogP contribution in [0.15, 0.2) is 34.8 Å². The highest BCUT2D eigenvalue weighted by molar-refractivity contribution is 5.98. The molecule has 1 aromatic carbocycles. The number of H-pyrrole nitrogens is 1. The number of nitrogens with zero attached hydrogens (tertiary/aromatic N) is 2. The summed E-state index contributed by atoms with van der Waals surface area (Å²) in [6.07, 6.45) is 11.2. The Kier molecular flexibility index (Phi) is 5.40. The summed E-state index contributed by atoms with van der Waals surface area (Å²) in [4.78, 5) is 35.1. The van der Waals surface area contributed by atoms with Crippen molar-refractivity contribution < 1.29 is 14.3 Å². The van der Waals surface area contributed by atoms with Gasteiger partial charge in [-0.1, -0.05) is 18.1 Å². The zero-order chi connectivity index (χ0) is 23.4. The van der Waals surface area contributed by atoms with Crippen molar-refractivity contribution in [1.82, 2.24) is 14.8 Å². The Bertz CT molecular complexity index is 1220. The number of hydrogen-bond acceptors (Lipinski definition) is 5. The van der Waals surface area contributed by atoms with Gasteiger partial charge in [-0.05, 0) is 56.6 Å². The van der Waals surface area contributed by atoms with Crippen molar-refractivity contribution >= 4 is 16.8 Å². The predicted octanol–water partition coefficient (Wildman–Crippen LogP) is 3.58. The zero-order valence-corrected chi connectivity index (χ0v) is 20.0. The fraction of sp³-hybridized carbons (Fsp3) is 0.556. The van der Waals surface area contributed by atoms with Crippen LogP contribution >= 0.6 is 0 Å². The monoisotopic (exact) mass is 463 g/mol. The molecule has 1 N–H and O–H groups in total. The third-order valence-corrected chi connectivity index (χ3v) is 8.53. The SMILES string of the molecule is COc1cc2[nH]cc(C(=O)N3CCCC4=CC5CC(CN6CCCC[C@H]56)[C@@H]43)c(=O)c2cc1OC. The van der Waals surface area contributed by atoms with E-state index < -0.39 is 0 Å². The van der Waals surface area contributed by atoms with Crippen LogP contribution in [-0.2, 0) is 0 Å². The minimum atomic E-state index is -0.260. The van der Waals surface area contributed by atoms with Crippen LogP contribution in [0.2, 0.25) is 0 Å². The molecule has 2 unspecified atom stereocenters. The number of amides is 1. The Morgan fingerprint density at radius 1 is 1.09 bits per heavy atom. The van der Waals surface area contributed by atoms with Gasteiger partial charge in [0.25, 0.3) is 5.91 Å². The summed E-state index contributed by atoms with van der Waals surface area (Å²) in [5.41, 5.74) is 2.00. The highest BCUT2D eigenvalue weighted by atomic mass is 16.5. The Balaban J connectivity index is 1.36. The Hall–Kier alpha value is -2.80. The number of ether oxygens (including phenoxy) is 2. The molecule has 0 spiro atoms. The first-order valence-electron chi connectivity index (χ1n) is 12.6. The van der Waals surface area contributed by atoms with Gasteiger partial charge in [-0.3, -0.25) is 14.5 Å². The molecule has 7 nitrogen and oxygen atoms in total. The maximum Gasteiger partial charge on any atom is 0.259 e. The molecule has 4 aliphatic rings. The lowest BCUT2D eigenvalue weighted by Crippen LogP contribution is -2.60. The van der Waals surface area contributed by atoms with Crippen molar-refractivity contribution in [3.05, 3.63) is 45.8 Å². The maximum atomic E-state index is 13.8. The van der Waals surface area contributed by atoms with E-state index in [1.165, 1.54) is 31.4 Å². The van der Waals surface area contributed by atoms with Gasteiger partial charge in [-0.2, -0.15) is 0 Å². The molecule has 7 heteroatoms. The van der Waals surface area contributed by atoms with Crippen molar-refractivity contribution in [2.24, 2.45) is 11.8 Å². The topological polar surface area (TPSA) is 74.9 Å². The largest absolute Gasteiger partial charge is 0.493 e. The van der Waals surface area contributed by atoms with E-state index in [-0.39, 0.29) is 22.9 Å². The molecular formula is C27H33N3O4. The predicted molar refractivity (Wildman–Crippen MR) is 131 cm³/mol. The zero-order valence-electron chi connectivity index (χ0n) is 20.0. The molecule has 3 fully saturated rings. The lowest BCUT2D eigenvalue weighted by atomic mass is 9.68. The lowest BCUT2D eigenvalue weighted by molar-refractivity contribution is 0.00143. The normalized spacial score (nSPS) is 28.6. The summed E-state index contributed by atoms with van der Waals surface area (Å²) in [6, 6.07) is 4.19. The van der Waals surface area contributed by atoms with Crippen molar-refractivity contribution in [2.45, 2.75) is 50.6 Å². The van der Waals surface area contributed by atoms with Crippen LogP contribution in [0, 0.1) is 11.8 Å². The number of likely N-dealkylation sites (tertiary alicyclic amines) is 1. The average molecular weight is 464 g/mol. The van der Waals surface area contributed by atoms with Crippen LogP contribution in [-0.4, -0.2) is 66.6 Å². The highest BCUT2D eigenvalue weighted by Gasteiger charge is 2.47. The number of nitrogens with one attached hydrogen (secondary N) is 1. The molecule has 6 rings (SSSR count). The number of hydrogen-bond donors (Lipinski definition) is 1. The highest BCUT2D eigenvalue weighted by Crippen LogP contribution is 2.45. The molecule has 0 saturated carbocycles. The number of rotatable bonds is 3. The quantitative estimate of drug-likeness (QED) is 0.705. The van der Waals surface area contributed by atoms with E-state index in [0.717, 1.165) is 25.8 Å². The van der Waals surface area contributed by atoms with E-state index in [0.29, 0.717) is 46.8 Å². The molecule has 1 aliphatic carbocycles. The fourth-order valence-corrected chi connectivity index (χ4v) is 7.06. The summed E-state index contributed by atoms with van der Waals surface area (Å²) >= 11 is 0. The molecule has 0 radical (unpaired) electrons. The molecule has 34 heavy (non-hydrogen) atoms. The molecular weight excluding hydrogens is 430 g/mol. The van der Waals surface area contributed by atoms with Gasteiger partial charge in [0, 0.05) is 31.4 Å². The number of pyridine rings is 1. The van der Waals surface area contributed by atoms with E-state index in [2.05, 4.69) is 16.0 Å². The minimum Gasteiger partial charge on any atom is -0.493 e. The van der Waals surface area contributed by atoms with Gasteiger partial charge >= 0.3 is 0 Å². The molecule has 180 valence electrons. The summed E-state index contributed by atoms with van der Waals surface area (Å²) in [7, 11) is 3.11. The summed E-state index contributed by atoms with van der Waals surface area (Å²) in [6.45, 7) is 2.95. The Labute approximate surface area is 199 Å². The maximum absolute atomic E-state index is 13.8. The lowest BCUT2D eigenvalue weighted by Gasteiger charge is -2.54. The van der Waals surface area contributed by atoms with Crippen molar-refractivity contribution in [3.8, 4) is 11.5 Å². The molecule has 4 atom stereocenters. The molecule has 2 bridgehead atoms. The molecule has 3 saturated heterocycles. The van der Waals surface area contributed by atoms with Gasteiger partial charge in [0.1, 0.15) is 5.56 Å². The fourth-order valence-electron chi connectivity index (χ4n) is 7.06. The van der Waals surface area contributed by atoms with Gasteiger partial charge in [0.2, 0.25) is 5.43 Å². The average Bonchev–Trinajstić information content (AvgIpc) is 2.87.